The molecule has 2 aromatic rings. The summed E-state index contributed by atoms with van der Waals surface area (Å²) in [6, 6.07) is 7.25. The second-order valence-corrected chi connectivity index (χ2v) is 5.21. The number of likely N-dealkylation sites (N-methyl/N-ethyl adjacent to an activating group) is 1. The van der Waals surface area contributed by atoms with Crippen LogP contribution in [0.4, 0.5) is 22.9 Å². The lowest BCUT2D eigenvalue weighted by Crippen LogP contribution is -2.20. The van der Waals surface area contributed by atoms with Gasteiger partial charge in [-0.25, -0.2) is 4.98 Å². The lowest BCUT2D eigenvalue weighted by atomic mass is 10.1. The minimum absolute atomic E-state index is 0.00766. The minimum Gasteiger partial charge on any atom is -0.340 e. The maximum atomic E-state index is 11.7. The molecule has 3 rings (SSSR count). The Labute approximate surface area is 126 Å². The molecular formula is C15H14N4O3. The third-order valence-corrected chi connectivity index (χ3v) is 3.71. The van der Waals surface area contributed by atoms with Crippen molar-refractivity contribution >= 4 is 28.8 Å². The SMILES string of the molecule is Cc1cc(Nc2ccc3c(c2)CC(=O)N3C)ncc1[N+](=O)[O-]. The Bertz CT molecular complexity index is 788. The Kier molecular flexibility index (Phi) is 3.25. The molecule has 7 nitrogen and oxygen atoms in total. The summed E-state index contributed by atoms with van der Waals surface area (Å²) in [5.41, 5.74) is 3.19. The van der Waals surface area contributed by atoms with Crippen LogP contribution in [0.3, 0.4) is 0 Å². The fourth-order valence-electron chi connectivity index (χ4n) is 2.50. The van der Waals surface area contributed by atoms with Crippen LogP contribution in [-0.4, -0.2) is 22.9 Å². The third-order valence-electron chi connectivity index (χ3n) is 3.71. The molecule has 112 valence electrons. The number of hydrogen-bond donors (Lipinski definition) is 1. The van der Waals surface area contributed by atoms with E-state index in [1.54, 1.807) is 24.9 Å². The number of carbonyl (C=O) groups is 1. The Morgan fingerprint density at radius 2 is 2.14 bits per heavy atom. The van der Waals surface area contributed by atoms with Gasteiger partial charge in [0.1, 0.15) is 12.0 Å². The number of aromatic nitrogens is 1. The van der Waals surface area contributed by atoms with E-state index in [0.717, 1.165) is 16.9 Å². The lowest BCUT2D eigenvalue weighted by molar-refractivity contribution is -0.385. The molecule has 7 heteroatoms. The normalized spacial score (nSPS) is 13.2. The van der Waals surface area contributed by atoms with Crippen LogP contribution >= 0.6 is 0 Å². The third kappa shape index (κ3) is 2.37. The zero-order valence-electron chi connectivity index (χ0n) is 12.2. The van der Waals surface area contributed by atoms with Gasteiger partial charge in [-0.05, 0) is 36.8 Å². The van der Waals surface area contributed by atoms with Crippen molar-refractivity contribution in [1.82, 2.24) is 4.98 Å². The van der Waals surface area contributed by atoms with E-state index in [1.807, 2.05) is 18.2 Å². The fourth-order valence-corrected chi connectivity index (χ4v) is 2.50. The molecule has 0 radical (unpaired) electrons. The topological polar surface area (TPSA) is 88.4 Å². The quantitative estimate of drug-likeness (QED) is 0.695. The molecule has 0 unspecified atom stereocenters. The van der Waals surface area contributed by atoms with E-state index in [2.05, 4.69) is 10.3 Å². The van der Waals surface area contributed by atoms with Crippen molar-refractivity contribution in [3.63, 3.8) is 0 Å². The Hall–Kier alpha value is -2.96. The van der Waals surface area contributed by atoms with Crippen LogP contribution in [0.2, 0.25) is 0 Å². The van der Waals surface area contributed by atoms with Crippen LogP contribution in [0.1, 0.15) is 11.1 Å². The molecule has 1 aromatic heterocycles. The first-order valence-corrected chi connectivity index (χ1v) is 6.73. The molecule has 0 saturated heterocycles. The summed E-state index contributed by atoms with van der Waals surface area (Å²) in [5, 5.41) is 13.9. The molecular weight excluding hydrogens is 284 g/mol. The molecule has 0 atom stereocenters. The Morgan fingerprint density at radius 1 is 1.36 bits per heavy atom. The van der Waals surface area contributed by atoms with Crippen molar-refractivity contribution in [2.24, 2.45) is 0 Å². The van der Waals surface area contributed by atoms with E-state index < -0.39 is 4.92 Å². The average Bonchev–Trinajstić information content (AvgIpc) is 2.73. The molecule has 0 fully saturated rings. The number of anilines is 3. The first-order chi connectivity index (χ1) is 10.5. The standard InChI is InChI=1S/C15H14N4O3/c1-9-5-14(16-8-13(9)19(21)22)17-11-3-4-12-10(6-11)7-15(20)18(12)2/h3-6,8H,7H2,1-2H3,(H,16,17). The Balaban J connectivity index is 1.86. The summed E-state index contributed by atoms with van der Waals surface area (Å²) in [5.74, 6) is 0.595. The number of benzene rings is 1. The number of pyridine rings is 1. The molecule has 1 N–H and O–H groups in total. The second-order valence-electron chi connectivity index (χ2n) is 5.21. The van der Waals surface area contributed by atoms with Crippen molar-refractivity contribution in [2.75, 3.05) is 17.3 Å². The molecule has 2 heterocycles. The van der Waals surface area contributed by atoms with Crippen LogP contribution in [0.15, 0.2) is 30.5 Å². The minimum atomic E-state index is -0.455. The maximum absolute atomic E-state index is 11.7. The number of nitrogens with zero attached hydrogens (tertiary/aromatic N) is 3. The van der Waals surface area contributed by atoms with Gasteiger partial charge < -0.3 is 10.2 Å². The van der Waals surface area contributed by atoms with Gasteiger partial charge in [0, 0.05) is 24.0 Å². The lowest BCUT2D eigenvalue weighted by Gasteiger charge is -2.11. The predicted octanol–water partition coefficient (Wildman–Crippen LogP) is 2.56. The highest BCUT2D eigenvalue weighted by Crippen LogP contribution is 2.31. The molecule has 0 aliphatic carbocycles. The molecule has 1 aliphatic rings. The van der Waals surface area contributed by atoms with Crippen molar-refractivity contribution in [3.8, 4) is 0 Å². The van der Waals surface area contributed by atoms with Crippen molar-refractivity contribution < 1.29 is 9.72 Å². The maximum Gasteiger partial charge on any atom is 0.290 e. The number of aryl methyl sites for hydroxylation is 1. The van der Waals surface area contributed by atoms with Crippen molar-refractivity contribution in [3.05, 3.63) is 51.7 Å². The second kappa shape index (κ2) is 5.10. The van der Waals surface area contributed by atoms with Gasteiger partial charge in [-0.3, -0.25) is 14.9 Å². The van der Waals surface area contributed by atoms with Gasteiger partial charge >= 0.3 is 0 Å². The number of carbonyl (C=O) groups excluding carboxylic acids is 1. The van der Waals surface area contributed by atoms with E-state index in [-0.39, 0.29) is 11.6 Å². The number of nitro groups is 1. The van der Waals surface area contributed by atoms with Crippen molar-refractivity contribution in [1.29, 1.82) is 0 Å². The predicted molar refractivity (Wildman–Crippen MR) is 82.5 cm³/mol. The van der Waals surface area contributed by atoms with Crippen molar-refractivity contribution in [2.45, 2.75) is 13.3 Å². The number of hydrogen-bond acceptors (Lipinski definition) is 5. The molecule has 22 heavy (non-hydrogen) atoms. The number of fused-ring (bicyclic) bond motifs is 1. The summed E-state index contributed by atoms with van der Waals surface area (Å²) in [6.45, 7) is 1.67. The summed E-state index contributed by atoms with van der Waals surface area (Å²) < 4.78 is 0. The summed E-state index contributed by atoms with van der Waals surface area (Å²) in [6.07, 6.45) is 1.62. The zero-order valence-corrected chi connectivity index (χ0v) is 12.2. The van der Waals surface area contributed by atoms with Gasteiger partial charge in [-0.2, -0.15) is 0 Å². The van der Waals surface area contributed by atoms with Crippen LogP contribution in [0.25, 0.3) is 0 Å². The molecule has 0 spiro atoms. The highest BCUT2D eigenvalue weighted by atomic mass is 16.6. The van der Waals surface area contributed by atoms with Crippen LogP contribution in [0, 0.1) is 17.0 Å². The van der Waals surface area contributed by atoms with Gasteiger partial charge in [-0.1, -0.05) is 0 Å². The van der Waals surface area contributed by atoms with Gasteiger partial charge in [-0.15, -0.1) is 0 Å². The number of rotatable bonds is 3. The molecule has 0 saturated carbocycles. The monoisotopic (exact) mass is 298 g/mol. The van der Waals surface area contributed by atoms with Crippen LogP contribution in [0.5, 0.6) is 0 Å². The fraction of sp³-hybridized carbons (Fsp3) is 0.200. The van der Waals surface area contributed by atoms with E-state index in [9.17, 15) is 14.9 Å². The highest BCUT2D eigenvalue weighted by molar-refractivity contribution is 6.01. The Morgan fingerprint density at radius 3 is 2.82 bits per heavy atom. The summed E-state index contributed by atoms with van der Waals surface area (Å²) >= 11 is 0. The van der Waals surface area contributed by atoms with Gasteiger partial charge in [0.2, 0.25) is 5.91 Å². The summed E-state index contributed by atoms with van der Waals surface area (Å²) in [7, 11) is 1.75. The first-order valence-electron chi connectivity index (χ1n) is 6.73. The van der Waals surface area contributed by atoms with Crippen LogP contribution in [-0.2, 0) is 11.2 Å². The molecule has 1 aliphatic heterocycles. The number of nitrogens with one attached hydrogen (secondary N) is 1. The van der Waals surface area contributed by atoms with E-state index in [0.29, 0.717) is 17.8 Å². The summed E-state index contributed by atoms with van der Waals surface area (Å²) in [4.78, 5) is 27.7. The van der Waals surface area contributed by atoms with E-state index in [1.165, 1.54) is 6.20 Å². The van der Waals surface area contributed by atoms with Gasteiger partial charge in [0.25, 0.3) is 5.69 Å². The van der Waals surface area contributed by atoms with E-state index >= 15 is 0 Å². The molecule has 0 bridgehead atoms. The van der Waals surface area contributed by atoms with Gasteiger partial charge in [0.15, 0.2) is 0 Å². The largest absolute Gasteiger partial charge is 0.340 e. The molecule has 1 aromatic carbocycles. The van der Waals surface area contributed by atoms with Gasteiger partial charge in [0.05, 0.1) is 11.3 Å². The highest BCUT2D eigenvalue weighted by Gasteiger charge is 2.23. The first kappa shape index (κ1) is 14.0. The average molecular weight is 298 g/mol. The number of amides is 1. The van der Waals surface area contributed by atoms with E-state index in [4.69, 9.17) is 0 Å². The molecule has 1 amide bonds. The zero-order chi connectivity index (χ0) is 15.9. The van der Waals surface area contributed by atoms with Crippen LogP contribution < -0.4 is 10.2 Å². The smallest absolute Gasteiger partial charge is 0.290 e.